The first kappa shape index (κ1) is 16.2. The second kappa shape index (κ2) is 9.25. The molecule has 0 spiro atoms. The van der Waals surface area contributed by atoms with Gasteiger partial charge in [0.25, 0.3) is 0 Å². The van der Waals surface area contributed by atoms with Crippen molar-refractivity contribution in [2.24, 2.45) is 0 Å². The second-order valence-corrected chi connectivity index (χ2v) is 4.00. The molecule has 1 N–H and O–H groups in total. The van der Waals surface area contributed by atoms with Crippen LogP contribution in [0.4, 0.5) is 0 Å². The van der Waals surface area contributed by atoms with E-state index in [2.05, 4.69) is 15.9 Å². The Kier molecular flexibility index (Phi) is 8.81. The van der Waals surface area contributed by atoms with Gasteiger partial charge in [-0.3, -0.25) is 0 Å². The van der Waals surface area contributed by atoms with Crippen LogP contribution >= 0.6 is 15.9 Å². The van der Waals surface area contributed by atoms with Crippen LogP contribution in [0.15, 0.2) is 22.7 Å². The van der Waals surface area contributed by atoms with E-state index in [4.69, 9.17) is 17.7 Å². The van der Waals surface area contributed by atoms with Gasteiger partial charge in [0.15, 0.2) is 0 Å². The van der Waals surface area contributed by atoms with Crippen LogP contribution in [0.5, 0.6) is 0 Å². The first-order chi connectivity index (χ1) is 8.08. The smallest absolute Gasteiger partial charge is 0.329 e. The Balaban J connectivity index is 0.00000121. The average Bonchev–Trinajstić information content (AvgIpc) is 2.26. The van der Waals surface area contributed by atoms with E-state index < -0.39 is 5.97 Å². The second-order valence-electron chi connectivity index (χ2n) is 3.09. The highest BCUT2D eigenvalue weighted by Gasteiger charge is 1.99. The van der Waals surface area contributed by atoms with E-state index in [-0.39, 0.29) is 6.61 Å². The van der Waals surface area contributed by atoms with E-state index in [1.165, 1.54) is 0 Å². The van der Waals surface area contributed by atoms with E-state index in [1.54, 1.807) is 0 Å². The summed E-state index contributed by atoms with van der Waals surface area (Å²) >= 11 is 3.33. The molecule has 92 valence electrons. The van der Waals surface area contributed by atoms with Crippen LogP contribution in [0.2, 0.25) is 0 Å². The van der Waals surface area contributed by atoms with Crippen molar-refractivity contribution in [3.63, 3.8) is 0 Å². The summed E-state index contributed by atoms with van der Waals surface area (Å²) in [5, 5.41) is 8.35. The molecular weight excluding hydrogens is 283 g/mol. The minimum Gasteiger partial charge on any atom is -0.480 e. The van der Waals surface area contributed by atoms with E-state index in [0.29, 0.717) is 18.5 Å². The summed E-state index contributed by atoms with van der Waals surface area (Å²) in [5.74, 6) is -0.955. The summed E-state index contributed by atoms with van der Waals surface area (Å²) in [7, 11) is 5.65. The minimum absolute atomic E-state index is 0.260. The van der Waals surface area contributed by atoms with Gasteiger partial charge in [-0.15, -0.1) is 0 Å². The van der Waals surface area contributed by atoms with Gasteiger partial charge in [0.1, 0.15) is 14.5 Å². The van der Waals surface area contributed by atoms with Crippen molar-refractivity contribution in [1.82, 2.24) is 0 Å². The van der Waals surface area contributed by atoms with Crippen LogP contribution in [-0.4, -0.2) is 32.1 Å². The maximum Gasteiger partial charge on any atom is 0.329 e. The van der Waals surface area contributed by atoms with E-state index in [0.717, 1.165) is 10.0 Å². The van der Waals surface area contributed by atoms with Gasteiger partial charge < -0.3 is 9.84 Å². The molecule has 0 saturated heterocycles. The van der Waals surface area contributed by atoms with Gasteiger partial charge in [-0.2, -0.15) is 0 Å². The highest BCUT2D eigenvalue weighted by molar-refractivity contribution is 9.10. The molecule has 0 heterocycles. The topological polar surface area (TPSA) is 46.5 Å². The Morgan fingerprint density at radius 1 is 1.41 bits per heavy atom. The molecule has 2 radical (unpaired) electrons. The lowest BCUT2D eigenvalue weighted by molar-refractivity contribution is -0.142. The number of benzene rings is 1. The Bertz CT molecular complexity index is 335. The van der Waals surface area contributed by atoms with Crippen LogP contribution in [-0.2, 0) is 16.0 Å². The quantitative estimate of drug-likeness (QED) is 0.667. The molecule has 0 aliphatic carbocycles. The predicted octanol–water partition coefficient (Wildman–Crippen LogP) is 1.91. The van der Waals surface area contributed by atoms with Crippen molar-refractivity contribution in [2.75, 3.05) is 13.2 Å². The zero-order chi connectivity index (χ0) is 13.3. The third kappa shape index (κ3) is 7.99. The van der Waals surface area contributed by atoms with Crippen LogP contribution in [0.1, 0.15) is 19.4 Å². The van der Waals surface area contributed by atoms with Gasteiger partial charge in [0.05, 0.1) is 6.61 Å². The fraction of sp³-hybridized carbons (Fsp3) is 0.417. The van der Waals surface area contributed by atoms with Gasteiger partial charge in [-0.1, -0.05) is 47.4 Å². The summed E-state index contributed by atoms with van der Waals surface area (Å²) in [6, 6.07) is 5.58. The highest BCUT2D eigenvalue weighted by atomic mass is 79.9. The molecule has 0 saturated carbocycles. The minimum atomic E-state index is -0.955. The summed E-state index contributed by atoms with van der Waals surface area (Å²) < 4.78 is 5.84. The summed E-state index contributed by atoms with van der Waals surface area (Å²) in [6.07, 6.45) is 0.650. The van der Waals surface area contributed by atoms with Crippen molar-refractivity contribution in [2.45, 2.75) is 20.3 Å². The lowest BCUT2D eigenvalue weighted by atomic mass is 9.94. The van der Waals surface area contributed by atoms with Gasteiger partial charge in [0, 0.05) is 4.47 Å². The van der Waals surface area contributed by atoms with Crippen molar-refractivity contribution in [3.8, 4) is 0 Å². The Morgan fingerprint density at radius 2 is 2.06 bits per heavy atom. The molecule has 0 atom stereocenters. The van der Waals surface area contributed by atoms with Crippen molar-refractivity contribution >= 4 is 35.2 Å². The zero-order valence-corrected chi connectivity index (χ0v) is 11.7. The summed E-state index contributed by atoms with van der Waals surface area (Å²) in [4.78, 5) is 10.2. The third-order valence-electron chi connectivity index (χ3n) is 1.74. The number of aliphatic carboxylic acids is 1. The van der Waals surface area contributed by atoms with E-state index in [9.17, 15) is 4.79 Å². The number of carboxylic acid groups (broad SMARTS) is 1. The summed E-state index contributed by atoms with van der Waals surface area (Å²) in [5.41, 5.74) is 1.70. The largest absolute Gasteiger partial charge is 0.480 e. The van der Waals surface area contributed by atoms with E-state index in [1.807, 2.05) is 32.0 Å². The third-order valence-corrected chi connectivity index (χ3v) is 2.20. The van der Waals surface area contributed by atoms with Crippen molar-refractivity contribution in [1.29, 1.82) is 0 Å². The van der Waals surface area contributed by atoms with Gasteiger partial charge in [-0.05, 0) is 18.1 Å². The molecule has 0 aliphatic rings. The molecule has 1 aromatic rings. The Hall–Kier alpha value is -0.805. The highest BCUT2D eigenvalue weighted by Crippen LogP contribution is 2.10. The van der Waals surface area contributed by atoms with E-state index >= 15 is 0 Å². The van der Waals surface area contributed by atoms with Crippen LogP contribution in [0.3, 0.4) is 0 Å². The van der Waals surface area contributed by atoms with Crippen molar-refractivity contribution < 1.29 is 14.6 Å². The molecule has 0 aromatic heterocycles. The number of ether oxygens (including phenoxy) is 1. The molecule has 1 aromatic carbocycles. The molecule has 0 bridgehead atoms. The first-order valence-electron chi connectivity index (χ1n) is 5.42. The zero-order valence-electron chi connectivity index (χ0n) is 10.1. The standard InChI is InChI=1S/C10H10BBrO3.C2H6/c11-8-3-7(4-9(12)5-8)1-2-15-6-10(13)14;1-2/h3-5H,1-2,6H2,(H,13,14);1-2H3. The molecule has 0 unspecified atom stereocenters. The van der Waals surface area contributed by atoms with Crippen molar-refractivity contribution in [3.05, 3.63) is 28.2 Å². The molecule has 3 nitrogen and oxygen atoms in total. The van der Waals surface area contributed by atoms with Crippen LogP contribution in [0.25, 0.3) is 0 Å². The van der Waals surface area contributed by atoms with Gasteiger partial charge in [0.2, 0.25) is 0 Å². The molecule has 5 heteroatoms. The molecular formula is C12H16BBrO3. The molecule has 17 heavy (non-hydrogen) atoms. The number of hydrogen-bond acceptors (Lipinski definition) is 2. The number of halogens is 1. The average molecular weight is 299 g/mol. The predicted molar refractivity (Wildman–Crippen MR) is 73.0 cm³/mol. The summed E-state index contributed by atoms with van der Waals surface area (Å²) in [6.45, 7) is 4.12. The van der Waals surface area contributed by atoms with Gasteiger partial charge in [-0.25, -0.2) is 4.79 Å². The normalized spacial score (nSPS) is 9.35. The first-order valence-corrected chi connectivity index (χ1v) is 6.21. The SMILES string of the molecule is CC.[B]c1cc(Br)cc(CCOCC(=O)O)c1. The number of carboxylic acids is 1. The molecule has 1 rings (SSSR count). The number of hydrogen-bond donors (Lipinski definition) is 1. The Morgan fingerprint density at radius 3 is 2.59 bits per heavy atom. The van der Waals surface area contributed by atoms with Crippen LogP contribution < -0.4 is 5.46 Å². The van der Waals surface area contributed by atoms with Gasteiger partial charge >= 0.3 is 5.97 Å². The molecule has 0 aliphatic heterocycles. The Labute approximate surface area is 112 Å². The molecule has 0 fully saturated rings. The number of carbonyl (C=O) groups is 1. The number of rotatable bonds is 5. The maximum atomic E-state index is 10.2. The lowest BCUT2D eigenvalue weighted by Gasteiger charge is -2.04. The fourth-order valence-electron chi connectivity index (χ4n) is 1.17. The monoisotopic (exact) mass is 298 g/mol. The maximum absolute atomic E-state index is 10.2. The molecule has 0 amide bonds. The lowest BCUT2D eigenvalue weighted by Crippen LogP contribution is -2.10. The van der Waals surface area contributed by atoms with Crippen LogP contribution in [0, 0.1) is 0 Å². The fourth-order valence-corrected chi connectivity index (χ4v) is 1.73.